The van der Waals surface area contributed by atoms with Gasteiger partial charge in [-0.3, -0.25) is 9.59 Å². The van der Waals surface area contributed by atoms with Crippen molar-refractivity contribution in [3.05, 3.63) is 42.1 Å². The molecule has 1 aliphatic rings. The molecule has 0 spiro atoms. The molecule has 1 radical (unpaired) electrons. The highest BCUT2D eigenvalue weighted by Crippen LogP contribution is 2.18. The Kier molecular flexibility index (Phi) is 4.14. The van der Waals surface area contributed by atoms with E-state index in [1.165, 1.54) is 23.5 Å². The summed E-state index contributed by atoms with van der Waals surface area (Å²) in [6.45, 7) is 0.562. The summed E-state index contributed by atoms with van der Waals surface area (Å²) in [4.78, 5) is 24.7. The SMILES string of the molecule is NC(=O)C1CCCN1C(=O)[CH]Cc1ccc(F)cc1. The number of primary amides is 1. The molecule has 0 bridgehead atoms. The molecule has 0 aromatic heterocycles. The van der Waals surface area contributed by atoms with E-state index in [0.717, 1.165) is 12.0 Å². The number of carbonyl (C=O) groups is 2. The molecular formula is C14H16FN2O2. The number of nitrogens with two attached hydrogens (primary N) is 1. The van der Waals surface area contributed by atoms with Gasteiger partial charge in [-0.25, -0.2) is 4.39 Å². The minimum Gasteiger partial charge on any atom is -0.368 e. The molecule has 1 saturated heterocycles. The molecule has 1 atom stereocenters. The van der Waals surface area contributed by atoms with Crippen LogP contribution >= 0.6 is 0 Å². The van der Waals surface area contributed by atoms with E-state index in [-0.39, 0.29) is 11.7 Å². The van der Waals surface area contributed by atoms with E-state index in [1.54, 1.807) is 12.1 Å². The van der Waals surface area contributed by atoms with Gasteiger partial charge in [-0.05, 0) is 37.0 Å². The highest BCUT2D eigenvalue weighted by atomic mass is 19.1. The van der Waals surface area contributed by atoms with Gasteiger partial charge in [0.15, 0.2) is 0 Å². The Morgan fingerprint density at radius 2 is 2.05 bits per heavy atom. The third-order valence-electron chi connectivity index (χ3n) is 3.29. The van der Waals surface area contributed by atoms with E-state index in [4.69, 9.17) is 5.73 Å². The maximum absolute atomic E-state index is 12.7. The van der Waals surface area contributed by atoms with E-state index in [0.29, 0.717) is 19.4 Å². The number of benzene rings is 1. The Balaban J connectivity index is 1.90. The van der Waals surface area contributed by atoms with Crippen molar-refractivity contribution in [3.8, 4) is 0 Å². The highest BCUT2D eigenvalue weighted by Gasteiger charge is 2.32. The van der Waals surface area contributed by atoms with Gasteiger partial charge in [0, 0.05) is 6.54 Å². The highest BCUT2D eigenvalue weighted by molar-refractivity contribution is 5.91. The Morgan fingerprint density at radius 1 is 1.37 bits per heavy atom. The van der Waals surface area contributed by atoms with Crippen molar-refractivity contribution < 1.29 is 14.0 Å². The van der Waals surface area contributed by atoms with Crippen LogP contribution < -0.4 is 5.73 Å². The van der Waals surface area contributed by atoms with Gasteiger partial charge >= 0.3 is 0 Å². The number of hydrogen-bond acceptors (Lipinski definition) is 2. The molecule has 1 aromatic carbocycles. The summed E-state index contributed by atoms with van der Waals surface area (Å²) in [5.41, 5.74) is 6.11. The van der Waals surface area contributed by atoms with Crippen molar-refractivity contribution >= 4 is 11.8 Å². The van der Waals surface area contributed by atoms with Crippen molar-refractivity contribution in [2.45, 2.75) is 25.3 Å². The lowest BCUT2D eigenvalue weighted by Crippen LogP contribution is -2.43. The van der Waals surface area contributed by atoms with Crippen LogP contribution in [0.1, 0.15) is 18.4 Å². The monoisotopic (exact) mass is 263 g/mol. The summed E-state index contributed by atoms with van der Waals surface area (Å²) >= 11 is 0. The van der Waals surface area contributed by atoms with Crippen LogP contribution in [0.2, 0.25) is 0 Å². The lowest BCUT2D eigenvalue weighted by molar-refractivity contribution is -0.134. The summed E-state index contributed by atoms with van der Waals surface area (Å²) in [6.07, 6.45) is 3.35. The second-order valence-corrected chi connectivity index (χ2v) is 4.63. The number of hydrogen-bond donors (Lipinski definition) is 1. The first kappa shape index (κ1) is 13.5. The van der Waals surface area contributed by atoms with Crippen LogP contribution in [0.5, 0.6) is 0 Å². The molecule has 101 valence electrons. The van der Waals surface area contributed by atoms with E-state index in [9.17, 15) is 14.0 Å². The maximum atomic E-state index is 12.7. The molecule has 19 heavy (non-hydrogen) atoms. The third kappa shape index (κ3) is 3.30. The van der Waals surface area contributed by atoms with Crippen LogP contribution in [0.3, 0.4) is 0 Å². The Bertz CT molecular complexity index is 473. The Hall–Kier alpha value is -1.91. The van der Waals surface area contributed by atoms with Crippen molar-refractivity contribution in [2.24, 2.45) is 5.73 Å². The Morgan fingerprint density at radius 3 is 2.68 bits per heavy atom. The number of halogens is 1. The number of carbonyl (C=O) groups excluding carboxylic acids is 2. The fraction of sp³-hybridized carbons (Fsp3) is 0.357. The normalized spacial score (nSPS) is 18.6. The second kappa shape index (κ2) is 5.82. The van der Waals surface area contributed by atoms with Gasteiger partial charge in [0.2, 0.25) is 11.8 Å². The van der Waals surface area contributed by atoms with Crippen LogP contribution in [0.4, 0.5) is 4.39 Å². The van der Waals surface area contributed by atoms with Crippen LogP contribution in [-0.4, -0.2) is 29.3 Å². The number of likely N-dealkylation sites (tertiary alicyclic amines) is 1. The molecule has 1 fully saturated rings. The number of amides is 2. The number of rotatable bonds is 4. The molecule has 1 unspecified atom stereocenters. The molecular weight excluding hydrogens is 247 g/mol. The average molecular weight is 263 g/mol. The van der Waals surface area contributed by atoms with Gasteiger partial charge in [0.05, 0.1) is 6.42 Å². The summed E-state index contributed by atoms with van der Waals surface area (Å²) in [7, 11) is 0. The molecule has 2 amide bonds. The lowest BCUT2D eigenvalue weighted by Gasteiger charge is -2.21. The smallest absolute Gasteiger partial charge is 0.240 e. The van der Waals surface area contributed by atoms with Crippen molar-refractivity contribution in [2.75, 3.05) is 6.54 Å². The fourth-order valence-electron chi connectivity index (χ4n) is 2.27. The van der Waals surface area contributed by atoms with Crippen molar-refractivity contribution in [1.82, 2.24) is 4.90 Å². The first-order chi connectivity index (χ1) is 9.08. The summed E-state index contributed by atoms with van der Waals surface area (Å²) in [5, 5.41) is 0. The maximum Gasteiger partial charge on any atom is 0.240 e. The average Bonchev–Trinajstić information content (AvgIpc) is 2.87. The van der Waals surface area contributed by atoms with Crippen molar-refractivity contribution in [1.29, 1.82) is 0 Å². The fourth-order valence-corrected chi connectivity index (χ4v) is 2.27. The topological polar surface area (TPSA) is 63.4 Å². The van der Waals surface area contributed by atoms with E-state index >= 15 is 0 Å². The van der Waals surface area contributed by atoms with E-state index in [2.05, 4.69) is 0 Å². The summed E-state index contributed by atoms with van der Waals surface area (Å²) in [5.74, 6) is -0.949. The molecule has 1 heterocycles. The van der Waals surface area contributed by atoms with Gasteiger partial charge in [0.1, 0.15) is 11.9 Å². The molecule has 1 aromatic rings. The molecule has 2 rings (SSSR count). The molecule has 0 aliphatic carbocycles. The van der Waals surface area contributed by atoms with Gasteiger partial charge in [-0.1, -0.05) is 12.1 Å². The molecule has 2 N–H and O–H groups in total. The zero-order valence-electron chi connectivity index (χ0n) is 10.5. The minimum atomic E-state index is -0.489. The molecule has 5 heteroatoms. The van der Waals surface area contributed by atoms with Gasteiger partial charge in [-0.15, -0.1) is 0 Å². The van der Waals surface area contributed by atoms with Gasteiger partial charge in [-0.2, -0.15) is 0 Å². The van der Waals surface area contributed by atoms with Crippen LogP contribution in [-0.2, 0) is 16.0 Å². The van der Waals surface area contributed by atoms with Crippen LogP contribution in [0.25, 0.3) is 0 Å². The summed E-state index contributed by atoms with van der Waals surface area (Å²) in [6, 6.07) is 5.49. The largest absolute Gasteiger partial charge is 0.368 e. The second-order valence-electron chi connectivity index (χ2n) is 4.63. The van der Waals surface area contributed by atoms with Crippen molar-refractivity contribution in [3.63, 3.8) is 0 Å². The molecule has 1 aliphatic heterocycles. The first-order valence-electron chi connectivity index (χ1n) is 6.25. The van der Waals surface area contributed by atoms with Gasteiger partial charge in [0.25, 0.3) is 0 Å². The lowest BCUT2D eigenvalue weighted by atomic mass is 10.1. The van der Waals surface area contributed by atoms with E-state index < -0.39 is 11.9 Å². The molecule has 0 saturated carbocycles. The Labute approximate surface area is 111 Å². The van der Waals surface area contributed by atoms with Crippen LogP contribution in [0, 0.1) is 12.2 Å². The zero-order valence-corrected chi connectivity index (χ0v) is 10.5. The zero-order chi connectivity index (χ0) is 13.8. The predicted octanol–water partition coefficient (Wildman–Crippen LogP) is 1.05. The van der Waals surface area contributed by atoms with Gasteiger partial charge < -0.3 is 10.6 Å². The standard InChI is InChI=1S/C14H16FN2O2/c15-11-6-3-10(4-7-11)5-8-13(18)17-9-1-2-12(17)14(16)19/h3-4,6-8,12H,1-2,5,9H2,(H2,16,19). The van der Waals surface area contributed by atoms with Crippen LogP contribution in [0.15, 0.2) is 24.3 Å². The number of nitrogens with zero attached hydrogens (tertiary/aromatic N) is 1. The predicted molar refractivity (Wildman–Crippen MR) is 68.3 cm³/mol. The molecule has 4 nitrogen and oxygen atoms in total. The third-order valence-corrected chi connectivity index (χ3v) is 3.29. The first-order valence-corrected chi connectivity index (χ1v) is 6.25. The summed E-state index contributed by atoms with van der Waals surface area (Å²) < 4.78 is 12.7. The quantitative estimate of drug-likeness (QED) is 0.882. The van der Waals surface area contributed by atoms with E-state index in [1.807, 2.05) is 0 Å². The minimum absolute atomic E-state index is 0.189.